The van der Waals surface area contributed by atoms with Gasteiger partial charge in [-0.3, -0.25) is 9.89 Å². The van der Waals surface area contributed by atoms with Crippen LogP contribution in [0, 0.1) is 0 Å². The Bertz CT molecular complexity index is 649. The van der Waals surface area contributed by atoms with Gasteiger partial charge in [-0.25, -0.2) is 4.79 Å². The summed E-state index contributed by atoms with van der Waals surface area (Å²) in [6.07, 6.45) is 0. The van der Waals surface area contributed by atoms with Crippen LogP contribution in [0.4, 0.5) is 0 Å². The number of carboxylic acids is 1. The molecule has 0 radical (unpaired) electrons. The molecule has 2 rings (SSSR count). The van der Waals surface area contributed by atoms with Crippen molar-refractivity contribution in [2.75, 3.05) is 6.54 Å². The van der Waals surface area contributed by atoms with E-state index < -0.39 is 24.0 Å². The van der Waals surface area contributed by atoms with Gasteiger partial charge in [0.15, 0.2) is 5.60 Å². The predicted molar refractivity (Wildman–Crippen MR) is 74.6 cm³/mol. The molecule has 1 amide bonds. The molecule has 0 saturated heterocycles. The summed E-state index contributed by atoms with van der Waals surface area (Å²) in [6.45, 7) is 0.707. The maximum atomic E-state index is 11.9. The molecular formula is C14H15N3O4. The Hall–Kier alpha value is -2.67. The standard InChI is InChI=1S/C14H15N3O4/c1-14(21,13(19)20)8-15-12(18)11-7-10(16-17-11)9-5-3-2-4-6-9/h2-7,21H,8H2,1H3,(H,15,18)(H,16,17)(H,19,20). The van der Waals surface area contributed by atoms with E-state index in [9.17, 15) is 14.7 Å². The number of nitrogens with zero attached hydrogens (tertiary/aromatic N) is 1. The summed E-state index contributed by atoms with van der Waals surface area (Å²) in [6, 6.07) is 10.8. The van der Waals surface area contributed by atoms with Gasteiger partial charge in [0.2, 0.25) is 0 Å². The van der Waals surface area contributed by atoms with E-state index in [2.05, 4.69) is 15.5 Å². The van der Waals surface area contributed by atoms with Crippen LogP contribution >= 0.6 is 0 Å². The maximum absolute atomic E-state index is 11.9. The quantitative estimate of drug-likeness (QED) is 0.645. The largest absolute Gasteiger partial charge is 0.479 e. The van der Waals surface area contributed by atoms with Gasteiger partial charge in [-0.2, -0.15) is 5.10 Å². The average Bonchev–Trinajstić information content (AvgIpc) is 2.95. The highest BCUT2D eigenvalue weighted by atomic mass is 16.4. The van der Waals surface area contributed by atoms with Gasteiger partial charge < -0.3 is 15.5 Å². The molecule has 7 nitrogen and oxygen atoms in total. The zero-order valence-electron chi connectivity index (χ0n) is 11.3. The van der Waals surface area contributed by atoms with Crippen LogP contribution in [-0.2, 0) is 4.79 Å². The van der Waals surface area contributed by atoms with E-state index in [1.165, 1.54) is 0 Å². The van der Waals surface area contributed by atoms with Crippen LogP contribution in [0.15, 0.2) is 36.4 Å². The van der Waals surface area contributed by atoms with Crippen molar-refractivity contribution in [1.82, 2.24) is 15.5 Å². The fraction of sp³-hybridized carbons (Fsp3) is 0.214. The van der Waals surface area contributed by atoms with Crippen molar-refractivity contribution in [1.29, 1.82) is 0 Å². The van der Waals surface area contributed by atoms with Crippen LogP contribution in [0.5, 0.6) is 0 Å². The minimum atomic E-state index is -2.02. The maximum Gasteiger partial charge on any atom is 0.337 e. The molecule has 1 atom stereocenters. The number of aromatic amines is 1. The molecule has 0 aliphatic carbocycles. The van der Waals surface area contributed by atoms with E-state index in [0.717, 1.165) is 12.5 Å². The van der Waals surface area contributed by atoms with Crippen molar-refractivity contribution >= 4 is 11.9 Å². The van der Waals surface area contributed by atoms with Crippen LogP contribution in [0.2, 0.25) is 0 Å². The molecule has 0 saturated carbocycles. The Morgan fingerprint density at radius 3 is 2.62 bits per heavy atom. The lowest BCUT2D eigenvalue weighted by Crippen LogP contribution is -2.46. The number of hydrogen-bond donors (Lipinski definition) is 4. The third-order valence-electron chi connectivity index (χ3n) is 2.95. The van der Waals surface area contributed by atoms with Crippen LogP contribution in [0.3, 0.4) is 0 Å². The highest BCUT2D eigenvalue weighted by Gasteiger charge is 2.30. The van der Waals surface area contributed by atoms with Crippen molar-refractivity contribution in [3.05, 3.63) is 42.1 Å². The summed E-state index contributed by atoms with van der Waals surface area (Å²) in [5.41, 5.74) is -0.371. The average molecular weight is 289 g/mol. The van der Waals surface area contributed by atoms with E-state index in [-0.39, 0.29) is 5.69 Å². The van der Waals surface area contributed by atoms with Crippen molar-refractivity contribution in [2.45, 2.75) is 12.5 Å². The first-order chi connectivity index (χ1) is 9.90. The van der Waals surface area contributed by atoms with Crippen molar-refractivity contribution in [2.24, 2.45) is 0 Å². The first-order valence-corrected chi connectivity index (χ1v) is 6.25. The number of benzene rings is 1. The number of nitrogens with one attached hydrogen (secondary N) is 2. The van der Waals surface area contributed by atoms with Gasteiger partial charge in [0.25, 0.3) is 5.91 Å². The Morgan fingerprint density at radius 1 is 1.33 bits per heavy atom. The molecule has 0 spiro atoms. The van der Waals surface area contributed by atoms with Crippen LogP contribution < -0.4 is 5.32 Å². The third kappa shape index (κ3) is 3.46. The lowest BCUT2D eigenvalue weighted by Gasteiger charge is -2.17. The van der Waals surface area contributed by atoms with Crippen LogP contribution in [0.1, 0.15) is 17.4 Å². The lowest BCUT2D eigenvalue weighted by molar-refractivity contribution is -0.155. The van der Waals surface area contributed by atoms with E-state index in [4.69, 9.17) is 5.11 Å². The zero-order chi connectivity index (χ0) is 15.5. The van der Waals surface area contributed by atoms with Crippen LogP contribution in [0.25, 0.3) is 11.3 Å². The van der Waals surface area contributed by atoms with Gasteiger partial charge in [0.05, 0.1) is 12.2 Å². The Morgan fingerprint density at radius 2 is 2.00 bits per heavy atom. The minimum absolute atomic E-state index is 0.190. The van der Waals surface area contributed by atoms with Crippen molar-refractivity contribution in [3.63, 3.8) is 0 Å². The highest BCUT2D eigenvalue weighted by Crippen LogP contribution is 2.16. The number of rotatable bonds is 5. The fourth-order valence-corrected chi connectivity index (χ4v) is 1.62. The number of carbonyl (C=O) groups excluding carboxylic acids is 1. The normalized spacial score (nSPS) is 13.4. The molecule has 0 aliphatic heterocycles. The number of H-pyrrole nitrogens is 1. The molecule has 1 heterocycles. The molecule has 110 valence electrons. The van der Waals surface area contributed by atoms with Gasteiger partial charge in [0, 0.05) is 5.56 Å². The van der Waals surface area contributed by atoms with Gasteiger partial charge in [-0.15, -0.1) is 0 Å². The molecule has 0 aliphatic rings. The molecule has 0 bridgehead atoms. The second kappa shape index (κ2) is 5.76. The minimum Gasteiger partial charge on any atom is -0.479 e. The summed E-state index contributed by atoms with van der Waals surface area (Å²) in [4.78, 5) is 22.6. The number of aromatic nitrogens is 2. The second-order valence-electron chi connectivity index (χ2n) is 4.79. The molecule has 4 N–H and O–H groups in total. The monoisotopic (exact) mass is 289 g/mol. The summed E-state index contributed by atoms with van der Waals surface area (Å²) in [7, 11) is 0. The molecule has 1 aromatic carbocycles. The molecule has 0 fully saturated rings. The van der Waals surface area contributed by atoms with Crippen molar-refractivity contribution < 1.29 is 19.8 Å². The Kier molecular flexibility index (Phi) is 4.04. The number of hydrogen-bond acceptors (Lipinski definition) is 4. The van der Waals surface area contributed by atoms with E-state index >= 15 is 0 Å². The first kappa shape index (κ1) is 14.7. The molecule has 2 aromatic rings. The number of aliphatic hydroxyl groups is 1. The summed E-state index contributed by atoms with van der Waals surface area (Å²) < 4.78 is 0. The highest BCUT2D eigenvalue weighted by molar-refractivity contribution is 5.93. The summed E-state index contributed by atoms with van der Waals surface area (Å²) in [5.74, 6) is -1.94. The SMILES string of the molecule is CC(O)(CNC(=O)c1cc(-c2ccccc2)n[nH]1)C(=O)O. The fourth-order valence-electron chi connectivity index (χ4n) is 1.62. The Labute approximate surface area is 120 Å². The predicted octanol–water partition coefficient (Wildman–Crippen LogP) is 0.642. The van der Waals surface area contributed by atoms with E-state index in [1.807, 2.05) is 30.3 Å². The smallest absolute Gasteiger partial charge is 0.337 e. The van der Waals surface area contributed by atoms with E-state index in [0.29, 0.717) is 5.69 Å². The van der Waals surface area contributed by atoms with Gasteiger partial charge in [-0.1, -0.05) is 30.3 Å². The van der Waals surface area contributed by atoms with Gasteiger partial charge in [-0.05, 0) is 13.0 Å². The zero-order valence-corrected chi connectivity index (χ0v) is 11.3. The number of carbonyl (C=O) groups is 2. The van der Waals surface area contributed by atoms with Gasteiger partial charge in [0.1, 0.15) is 5.69 Å². The Balaban J connectivity index is 2.05. The molecule has 1 unspecified atom stereocenters. The summed E-state index contributed by atoms with van der Waals surface area (Å²) in [5, 5.41) is 27.2. The molecule has 21 heavy (non-hydrogen) atoms. The topological polar surface area (TPSA) is 115 Å². The van der Waals surface area contributed by atoms with Gasteiger partial charge >= 0.3 is 5.97 Å². The number of amides is 1. The number of carboxylic acid groups (broad SMARTS) is 1. The number of aliphatic carboxylic acids is 1. The molecule has 1 aromatic heterocycles. The van der Waals surface area contributed by atoms with Crippen molar-refractivity contribution in [3.8, 4) is 11.3 Å². The van der Waals surface area contributed by atoms with E-state index in [1.54, 1.807) is 6.07 Å². The molecule has 7 heteroatoms. The second-order valence-corrected chi connectivity index (χ2v) is 4.79. The third-order valence-corrected chi connectivity index (χ3v) is 2.95. The first-order valence-electron chi connectivity index (χ1n) is 6.25. The summed E-state index contributed by atoms with van der Waals surface area (Å²) >= 11 is 0. The lowest BCUT2D eigenvalue weighted by atomic mass is 10.1. The molecular weight excluding hydrogens is 274 g/mol. The van der Waals surface area contributed by atoms with Crippen LogP contribution in [-0.4, -0.2) is 44.4 Å².